The van der Waals surface area contributed by atoms with Gasteiger partial charge in [0, 0.05) is 26.7 Å². The number of amidine groups is 1. The molecule has 0 aromatic heterocycles. The fraction of sp³-hybridized carbons (Fsp3) is 0.211. The van der Waals surface area contributed by atoms with Crippen molar-refractivity contribution in [1.29, 1.82) is 0 Å². The van der Waals surface area contributed by atoms with Crippen LogP contribution >= 0.6 is 34.8 Å². The first-order valence-electron chi connectivity index (χ1n) is 8.77. The fourth-order valence-corrected chi connectivity index (χ4v) is 3.77. The molecule has 2 aromatic carbocycles. The van der Waals surface area contributed by atoms with Crippen LogP contribution in [0.2, 0.25) is 15.1 Å². The molecule has 33 heavy (non-hydrogen) atoms. The van der Waals surface area contributed by atoms with E-state index in [0.717, 1.165) is 24.3 Å². The molecule has 0 fully saturated rings. The fourth-order valence-electron chi connectivity index (χ4n) is 2.98. The van der Waals surface area contributed by atoms with E-state index in [-0.39, 0.29) is 37.5 Å². The molecule has 1 aliphatic rings. The second-order valence-electron chi connectivity index (χ2n) is 6.74. The molecular formula is C19H12Cl3F6N3O2. The van der Waals surface area contributed by atoms with Crippen LogP contribution in [-0.4, -0.2) is 29.9 Å². The smallest absolute Gasteiger partial charge is 0.290 e. The predicted octanol–water partition coefficient (Wildman–Crippen LogP) is 6.27. The molecule has 0 saturated carbocycles. The van der Waals surface area contributed by atoms with Gasteiger partial charge in [0.05, 0.1) is 10.7 Å². The lowest BCUT2D eigenvalue weighted by molar-refractivity contribution is -0.269. The Hall–Kier alpha value is -2.18. The molecule has 1 atom stereocenters. The van der Waals surface area contributed by atoms with Crippen LogP contribution in [0.25, 0.3) is 5.70 Å². The molecule has 1 unspecified atom stereocenters. The monoisotopic (exact) mass is 533 g/mol. The quantitative estimate of drug-likeness (QED) is 0.187. The van der Waals surface area contributed by atoms with Crippen molar-refractivity contribution in [2.75, 3.05) is 6.54 Å². The van der Waals surface area contributed by atoms with Gasteiger partial charge in [0.1, 0.15) is 6.54 Å². The average Bonchev–Trinajstić information content (AvgIpc) is 3.15. The summed E-state index contributed by atoms with van der Waals surface area (Å²) in [7, 11) is 0. The number of aliphatic imine (C=N–C) groups is 1. The highest BCUT2D eigenvalue weighted by Crippen LogP contribution is 2.48. The summed E-state index contributed by atoms with van der Waals surface area (Å²) in [5, 5.41) is 8.83. The molecule has 14 heteroatoms. The van der Waals surface area contributed by atoms with Crippen molar-refractivity contribution in [3.63, 3.8) is 0 Å². The van der Waals surface area contributed by atoms with Crippen LogP contribution in [0.4, 0.5) is 26.3 Å². The zero-order chi connectivity index (χ0) is 24.6. The van der Waals surface area contributed by atoms with Crippen molar-refractivity contribution in [2.24, 2.45) is 4.99 Å². The summed E-state index contributed by atoms with van der Waals surface area (Å²) in [5.41, 5.74) is 0.251. The summed E-state index contributed by atoms with van der Waals surface area (Å²) < 4.78 is 79.4. The Morgan fingerprint density at radius 2 is 1.67 bits per heavy atom. The highest BCUT2D eigenvalue weighted by molar-refractivity contribution is 6.35. The molecule has 3 rings (SSSR count). The van der Waals surface area contributed by atoms with Gasteiger partial charge in [0.25, 0.3) is 0 Å². The Kier molecular flexibility index (Phi) is 7.11. The number of hydroxylamine groups is 2. The van der Waals surface area contributed by atoms with Gasteiger partial charge in [-0.1, -0.05) is 40.9 Å². The van der Waals surface area contributed by atoms with Gasteiger partial charge in [0.15, 0.2) is 5.84 Å². The van der Waals surface area contributed by atoms with Gasteiger partial charge in [-0.2, -0.15) is 26.3 Å². The molecule has 0 aliphatic carbocycles. The third kappa shape index (κ3) is 5.49. The molecule has 0 radical (unpaired) electrons. The molecule has 2 aromatic rings. The molecule has 1 aliphatic heterocycles. The van der Waals surface area contributed by atoms with Crippen molar-refractivity contribution in [3.05, 3.63) is 74.2 Å². The van der Waals surface area contributed by atoms with Crippen LogP contribution in [0.3, 0.4) is 0 Å². The summed E-state index contributed by atoms with van der Waals surface area (Å²) in [5.74, 6) is -0.577. The van der Waals surface area contributed by atoms with Crippen LogP contribution in [0.15, 0.2) is 47.5 Å². The van der Waals surface area contributed by atoms with E-state index in [1.807, 2.05) is 0 Å². The first-order valence-corrected chi connectivity index (χ1v) is 9.91. The molecule has 1 heterocycles. The average molecular weight is 535 g/mol. The van der Waals surface area contributed by atoms with Crippen molar-refractivity contribution in [2.45, 2.75) is 18.0 Å². The van der Waals surface area contributed by atoms with E-state index >= 15 is 0 Å². The first kappa shape index (κ1) is 25.4. The zero-order valence-corrected chi connectivity index (χ0v) is 18.2. The van der Waals surface area contributed by atoms with Crippen LogP contribution in [-0.2, 0) is 10.4 Å². The van der Waals surface area contributed by atoms with Gasteiger partial charge in [0.2, 0.25) is 5.60 Å². The van der Waals surface area contributed by atoms with Crippen LogP contribution in [0.1, 0.15) is 16.7 Å². The van der Waals surface area contributed by atoms with Crippen molar-refractivity contribution >= 4 is 46.3 Å². The van der Waals surface area contributed by atoms with Crippen molar-refractivity contribution in [3.8, 4) is 0 Å². The van der Waals surface area contributed by atoms with E-state index in [1.165, 1.54) is 23.7 Å². The van der Waals surface area contributed by atoms with Gasteiger partial charge in [-0.05, 0) is 36.4 Å². The van der Waals surface area contributed by atoms with Gasteiger partial charge in [-0.15, -0.1) is 0 Å². The lowest BCUT2D eigenvalue weighted by atomic mass is 9.91. The van der Waals surface area contributed by atoms with Gasteiger partial charge >= 0.3 is 12.4 Å². The maximum atomic E-state index is 14.1. The van der Waals surface area contributed by atoms with Gasteiger partial charge in [-0.3, -0.25) is 26.0 Å². The minimum atomic E-state index is -4.93. The summed E-state index contributed by atoms with van der Waals surface area (Å²) in [6.07, 6.45) is -8.81. The number of nitrogens with one attached hydrogen (secondary N) is 2. The van der Waals surface area contributed by atoms with Crippen LogP contribution < -0.4 is 11.0 Å². The third-order valence-corrected chi connectivity index (χ3v) is 5.19. The number of halogens is 9. The maximum Gasteiger partial charge on any atom is 0.428 e. The largest absolute Gasteiger partial charge is 0.428 e. The topological polar surface area (TPSA) is 65.9 Å². The lowest BCUT2D eigenvalue weighted by Crippen LogP contribution is -2.42. The Balaban J connectivity index is 2.02. The van der Waals surface area contributed by atoms with Crippen LogP contribution in [0, 0.1) is 0 Å². The number of benzene rings is 2. The highest BCUT2D eigenvalue weighted by atomic mass is 35.5. The lowest BCUT2D eigenvalue weighted by Gasteiger charge is -2.28. The number of hydrogen-bond donors (Lipinski definition) is 3. The highest BCUT2D eigenvalue weighted by Gasteiger charge is 2.59. The summed E-state index contributed by atoms with van der Waals surface area (Å²) >= 11 is 17.8. The van der Waals surface area contributed by atoms with Crippen molar-refractivity contribution < 1.29 is 36.4 Å². The first-order chi connectivity index (χ1) is 15.3. The van der Waals surface area contributed by atoms with E-state index < -0.39 is 30.3 Å². The SMILES string of the molecule is ONC(=NCC(F)(F)F)c1ccc(C2=CC(c3cc(Cl)cc(Cl)c3)(C(F)(F)F)ON2)cc1Cl. The summed E-state index contributed by atoms with van der Waals surface area (Å²) in [6, 6.07) is 6.94. The summed E-state index contributed by atoms with van der Waals surface area (Å²) in [6.45, 7) is -1.59. The van der Waals surface area contributed by atoms with E-state index in [1.54, 1.807) is 0 Å². The maximum absolute atomic E-state index is 14.1. The van der Waals surface area contributed by atoms with E-state index in [4.69, 9.17) is 44.8 Å². The summed E-state index contributed by atoms with van der Waals surface area (Å²) in [4.78, 5) is 8.15. The molecule has 0 spiro atoms. The van der Waals surface area contributed by atoms with Gasteiger partial charge in [-0.25, -0.2) is 0 Å². The molecule has 5 nitrogen and oxygen atoms in total. The number of nitrogens with zero attached hydrogens (tertiary/aromatic N) is 1. The van der Waals surface area contributed by atoms with Crippen LogP contribution in [0.5, 0.6) is 0 Å². The molecule has 0 bridgehead atoms. The predicted molar refractivity (Wildman–Crippen MR) is 110 cm³/mol. The third-order valence-electron chi connectivity index (χ3n) is 4.44. The normalized spacial score (nSPS) is 19.3. The Bertz CT molecular complexity index is 1100. The Morgan fingerprint density at radius 3 is 2.18 bits per heavy atom. The molecular weight excluding hydrogens is 523 g/mol. The molecule has 0 saturated heterocycles. The standard InChI is InChI=1S/C19H12Cl3F6N3O2/c20-11-4-10(5-12(21)6-11)17(19(26,27)28)7-15(31-33-17)9-1-2-13(14(22)3-9)16(30-32)29-8-18(23,24)25/h1-7,31-32H,8H2,(H,29,30). The van der Waals surface area contributed by atoms with E-state index in [2.05, 4.69) is 10.5 Å². The number of alkyl halides is 6. The zero-order valence-electron chi connectivity index (χ0n) is 16.0. The minimum absolute atomic E-state index is 0.0406. The Morgan fingerprint density at radius 1 is 1.03 bits per heavy atom. The van der Waals surface area contributed by atoms with Gasteiger partial charge < -0.3 is 0 Å². The van der Waals surface area contributed by atoms with E-state index in [0.29, 0.717) is 0 Å². The Labute approximate surface area is 197 Å². The minimum Gasteiger partial charge on any atom is -0.290 e. The molecule has 3 N–H and O–H groups in total. The second kappa shape index (κ2) is 9.22. The molecule has 178 valence electrons. The number of hydrogen-bond acceptors (Lipinski definition) is 4. The van der Waals surface area contributed by atoms with E-state index in [9.17, 15) is 26.3 Å². The van der Waals surface area contributed by atoms with Crippen molar-refractivity contribution in [1.82, 2.24) is 11.0 Å². The number of rotatable bonds is 4. The molecule has 0 amide bonds. The second-order valence-corrected chi connectivity index (χ2v) is 8.02.